The summed E-state index contributed by atoms with van der Waals surface area (Å²) in [6.07, 6.45) is 5.05. The Bertz CT molecular complexity index is 1020. The lowest BCUT2D eigenvalue weighted by molar-refractivity contribution is -0.120. The Balaban J connectivity index is 1.33. The van der Waals surface area contributed by atoms with Gasteiger partial charge in [-0.1, -0.05) is 48.5 Å². The number of para-hydroxylation sites is 1. The Morgan fingerprint density at radius 1 is 1.08 bits per heavy atom. The van der Waals surface area contributed by atoms with Crippen molar-refractivity contribution >= 4 is 28.1 Å². The zero-order chi connectivity index (χ0) is 17.8. The normalized spacial score (nSPS) is 10.9. The number of H-pyrrole nitrogens is 1. The van der Waals surface area contributed by atoms with Gasteiger partial charge in [-0.25, -0.2) is 4.98 Å². The van der Waals surface area contributed by atoms with E-state index >= 15 is 0 Å². The maximum absolute atomic E-state index is 12.3. The highest BCUT2D eigenvalue weighted by Gasteiger charge is 2.09. The second-order valence-electron chi connectivity index (χ2n) is 6.20. The second-order valence-corrected chi connectivity index (χ2v) is 7.40. The summed E-state index contributed by atoms with van der Waals surface area (Å²) < 4.78 is 0. The number of amides is 1. The third kappa shape index (κ3) is 3.83. The third-order valence-electron chi connectivity index (χ3n) is 4.29. The zero-order valence-electron chi connectivity index (χ0n) is 14.2. The van der Waals surface area contributed by atoms with E-state index in [2.05, 4.69) is 27.4 Å². The molecule has 2 heterocycles. The molecule has 1 amide bonds. The summed E-state index contributed by atoms with van der Waals surface area (Å²) in [6, 6.07) is 18.4. The fourth-order valence-electron chi connectivity index (χ4n) is 3.00. The van der Waals surface area contributed by atoms with Gasteiger partial charge in [0, 0.05) is 34.6 Å². The van der Waals surface area contributed by atoms with E-state index < -0.39 is 0 Å². The van der Waals surface area contributed by atoms with Crippen molar-refractivity contribution in [3.63, 3.8) is 0 Å². The first-order chi connectivity index (χ1) is 12.8. The predicted molar refractivity (Wildman–Crippen MR) is 105 cm³/mol. The number of hydrogen-bond donors (Lipinski definition) is 2. The van der Waals surface area contributed by atoms with Crippen LogP contribution in [0.25, 0.3) is 10.9 Å². The minimum atomic E-state index is 0.00885. The number of thiazole rings is 1. The molecule has 0 aliphatic heterocycles. The average molecular weight is 361 g/mol. The standard InChI is InChI=1S/C21H19N3OS/c25-20(11-16-12-22-19-9-5-4-8-18(16)19)23-14-21-24-13-17(26-21)10-15-6-2-1-3-7-15/h1-9,12-13,22H,10-11,14H2,(H,23,25). The van der Waals surface area contributed by atoms with Gasteiger partial charge in [0.15, 0.2) is 0 Å². The number of nitrogens with zero attached hydrogens (tertiary/aromatic N) is 1. The number of rotatable bonds is 6. The van der Waals surface area contributed by atoms with Gasteiger partial charge in [0.2, 0.25) is 5.91 Å². The first-order valence-electron chi connectivity index (χ1n) is 8.57. The van der Waals surface area contributed by atoms with Crippen molar-refractivity contribution in [1.29, 1.82) is 0 Å². The largest absolute Gasteiger partial charge is 0.361 e. The highest BCUT2D eigenvalue weighted by Crippen LogP contribution is 2.19. The molecule has 0 radical (unpaired) electrons. The van der Waals surface area contributed by atoms with Crippen LogP contribution in [0.5, 0.6) is 0 Å². The fourth-order valence-corrected chi connectivity index (χ4v) is 3.89. The van der Waals surface area contributed by atoms with Crippen molar-refractivity contribution in [2.45, 2.75) is 19.4 Å². The third-order valence-corrected chi connectivity index (χ3v) is 5.28. The van der Waals surface area contributed by atoms with Crippen LogP contribution >= 0.6 is 11.3 Å². The van der Waals surface area contributed by atoms with Crippen molar-refractivity contribution in [2.24, 2.45) is 0 Å². The van der Waals surface area contributed by atoms with Crippen LogP contribution in [0.4, 0.5) is 0 Å². The SMILES string of the molecule is O=C(Cc1c[nH]c2ccccc12)NCc1ncc(Cc2ccccc2)s1. The average Bonchev–Trinajstić information content (AvgIpc) is 3.28. The van der Waals surface area contributed by atoms with Gasteiger partial charge in [0.25, 0.3) is 0 Å². The molecule has 0 saturated carbocycles. The number of fused-ring (bicyclic) bond motifs is 1. The highest BCUT2D eigenvalue weighted by molar-refractivity contribution is 7.11. The van der Waals surface area contributed by atoms with Crippen molar-refractivity contribution in [2.75, 3.05) is 0 Å². The van der Waals surface area contributed by atoms with Crippen molar-refractivity contribution < 1.29 is 4.79 Å². The van der Waals surface area contributed by atoms with Crippen molar-refractivity contribution in [1.82, 2.24) is 15.3 Å². The fraction of sp³-hybridized carbons (Fsp3) is 0.143. The molecule has 0 unspecified atom stereocenters. The molecule has 130 valence electrons. The van der Waals surface area contributed by atoms with Gasteiger partial charge in [-0.2, -0.15) is 0 Å². The van der Waals surface area contributed by atoms with Crippen LogP contribution < -0.4 is 5.32 Å². The molecule has 4 rings (SSSR count). The molecule has 2 aromatic carbocycles. The quantitative estimate of drug-likeness (QED) is 0.544. The summed E-state index contributed by atoms with van der Waals surface area (Å²) in [4.78, 5) is 21.1. The number of nitrogens with one attached hydrogen (secondary N) is 2. The number of aromatic nitrogens is 2. The lowest BCUT2D eigenvalue weighted by atomic mass is 10.1. The number of carbonyl (C=O) groups excluding carboxylic acids is 1. The van der Waals surface area contributed by atoms with Crippen molar-refractivity contribution in [3.05, 3.63) is 88.0 Å². The van der Waals surface area contributed by atoms with Gasteiger partial charge in [-0.3, -0.25) is 4.79 Å². The number of benzene rings is 2. The molecule has 0 bridgehead atoms. The molecular weight excluding hydrogens is 342 g/mol. The second kappa shape index (κ2) is 7.54. The van der Waals surface area contributed by atoms with Gasteiger partial charge in [-0.05, 0) is 17.2 Å². The van der Waals surface area contributed by atoms with E-state index in [1.54, 1.807) is 11.3 Å². The minimum absolute atomic E-state index is 0.00885. The molecular formula is C21H19N3OS. The maximum Gasteiger partial charge on any atom is 0.224 e. The molecule has 2 N–H and O–H groups in total. The topological polar surface area (TPSA) is 57.8 Å². The maximum atomic E-state index is 12.3. The van der Waals surface area contributed by atoms with Gasteiger partial charge in [-0.15, -0.1) is 11.3 Å². The summed E-state index contributed by atoms with van der Waals surface area (Å²) in [5.74, 6) is 0.00885. The smallest absolute Gasteiger partial charge is 0.224 e. The number of hydrogen-bond acceptors (Lipinski definition) is 3. The van der Waals surface area contributed by atoms with Gasteiger partial charge < -0.3 is 10.3 Å². The van der Waals surface area contributed by atoms with Crippen molar-refractivity contribution in [3.8, 4) is 0 Å². The van der Waals surface area contributed by atoms with E-state index in [0.717, 1.165) is 27.9 Å². The Morgan fingerprint density at radius 2 is 1.88 bits per heavy atom. The molecule has 0 saturated heterocycles. The summed E-state index contributed by atoms with van der Waals surface area (Å²) in [6.45, 7) is 0.473. The first-order valence-corrected chi connectivity index (χ1v) is 9.39. The number of aromatic amines is 1. The summed E-state index contributed by atoms with van der Waals surface area (Å²) in [5, 5.41) is 5.01. The molecule has 0 atom stereocenters. The molecule has 0 fully saturated rings. The Kier molecular flexibility index (Phi) is 4.80. The van der Waals surface area contributed by atoms with Gasteiger partial charge in [0.05, 0.1) is 13.0 Å². The minimum Gasteiger partial charge on any atom is -0.361 e. The van der Waals surface area contributed by atoms with Crippen LogP contribution in [0.2, 0.25) is 0 Å². The molecule has 2 aromatic heterocycles. The van der Waals surface area contributed by atoms with E-state index in [1.165, 1.54) is 10.4 Å². The summed E-state index contributed by atoms with van der Waals surface area (Å²) in [7, 11) is 0. The van der Waals surface area contributed by atoms with Crippen LogP contribution in [0.3, 0.4) is 0 Å². The van der Waals surface area contributed by atoms with Gasteiger partial charge in [0.1, 0.15) is 5.01 Å². The van der Waals surface area contributed by atoms with E-state index in [0.29, 0.717) is 13.0 Å². The van der Waals surface area contributed by atoms with E-state index in [4.69, 9.17) is 0 Å². The lowest BCUT2D eigenvalue weighted by Crippen LogP contribution is -2.24. The molecule has 26 heavy (non-hydrogen) atoms. The van der Waals surface area contributed by atoms with Crippen LogP contribution in [-0.4, -0.2) is 15.9 Å². The van der Waals surface area contributed by atoms with E-state index in [1.807, 2.05) is 54.9 Å². The number of carbonyl (C=O) groups is 1. The predicted octanol–water partition coefficient (Wildman–Crippen LogP) is 4.07. The van der Waals surface area contributed by atoms with E-state index in [-0.39, 0.29) is 5.91 Å². The lowest BCUT2D eigenvalue weighted by Gasteiger charge is -2.02. The zero-order valence-corrected chi connectivity index (χ0v) is 15.1. The monoisotopic (exact) mass is 361 g/mol. The molecule has 4 aromatic rings. The Hall–Kier alpha value is -2.92. The Labute approximate surface area is 155 Å². The van der Waals surface area contributed by atoms with Crippen LogP contribution in [0.1, 0.15) is 21.0 Å². The van der Waals surface area contributed by atoms with Crippen LogP contribution in [0, 0.1) is 0 Å². The highest BCUT2D eigenvalue weighted by atomic mass is 32.1. The van der Waals surface area contributed by atoms with Crippen LogP contribution in [-0.2, 0) is 24.2 Å². The molecule has 5 heteroatoms. The first kappa shape index (κ1) is 16.5. The summed E-state index contributed by atoms with van der Waals surface area (Å²) in [5.41, 5.74) is 3.34. The van der Waals surface area contributed by atoms with E-state index in [9.17, 15) is 4.79 Å². The summed E-state index contributed by atoms with van der Waals surface area (Å²) >= 11 is 1.65. The molecule has 0 aliphatic rings. The molecule has 0 aliphatic carbocycles. The molecule has 0 spiro atoms. The molecule has 4 nitrogen and oxygen atoms in total. The van der Waals surface area contributed by atoms with Gasteiger partial charge >= 0.3 is 0 Å². The van der Waals surface area contributed by atoms with Crippen LogP contribution in [0.15, 0.2) is 67.0 Å². The Morgan fingerprint density at radius 3 is 2.77 bits per heavy atom.